The molecule has 1 fully saturated rings. The summed E-state index contributed by atoms with van der Waals surface area (Å²) in [4.78, 5) is 19.4. The lowest BCUT2D eigenvalue weighted by atomic mass is 9.86. The number of amides is 1. The second-order valence-electron chi connectivity index (χ2n) is 9.13. The number of hydrogen-bond donors (Lipinski definition) is 2. The Labute approximate surface area is 196 Å². The molecule has 33 heavy (non-hydrogen) atoms. The third-order valence-electron chi connectivity index (χ3n) is 6.46. The Morgan fingerprint density at radius 2 is 1.85 bits per heavy atom. The Balaban J connectivity index is 1.26. The van der Waals surface area contributed by atoms with Gasteiger partial charge in [0.1, 0.15) is 11.6 Å². The lowest BCUT2D eigenvalue weighted by Crippen LogP contribution is -2.34. The fourth-order valence-electron chi connectivity index (χ4n) is 4.61. The summed E-state index contributed by atoms with van der Waals surface area (Å²) >= 11 is 0. The standard InChI is InChI=1S/C27H34N4O2/c1-31(2)25-17-26(30-24-10-5-4-9-23(24)25)29-21-13-11-19(12-14-21)18-28-27(32)16-20-7-6-8-22(15-20)33-3/h4-10,15,17,19,21H,11-14,16,18H2,1-3H3,(H,28,32)(H,29,30). The molecule has 0 saturated heterocycles. The van der Waals surface area contributed by atoms with Gasteiger partial charge in [0, 0.05) is 43.8 Å². The van der Waals surface area contributed by atoms with Crippen LogP contribution in [0.25, 0.3) is 10.9 Å². The van der Waals surface area contributed by atoms with Gasteiger partial charge in [0.25, 0.3) is 0 Å². The molecule has 174 valence electrons. The van der Waals surface area contributed by atoms with Crippen molar-refractivity contribution in [3.05, 3.63) is 60.2 Å². The molecule has 3 aromatic rings. The van der Waals surface area contributed by atoms with Crippen molar-refractivity contribution in [3.63, 3.8) is 0 Å². The number of rotatable bonds is 8. The molecule has 1 aliphatic rings. The number of benzene rings is 2. The summed E-state index contributed by atoms with van der Waals surface area (Å²) in [7, 11) is 5.78. The Morgan fingerprint density at radius 3 is 2.61 bits per heavy atom. The number of carbonyl (C=O) groups is 1. The Bertz CT molecular complexity index is 1090. The van der Waals surface area contributed by atoms with Crippen LogP contribution >= 0.6 is 0 Å². The first-order valence-corrected chi connectivity index (χ1v) is 11.7. The van der Waals surface area contributed by atoms with Gasteiger partial charge < -0.3 is 20.3 Å². The maximum Gasteiger partial charge on any atom is 0.224 e. The van der Waals surface area contributed by atoms with E-state index in [9.17, 15) is 4.79 Å². The summed E-state index contributed by atoms with van der Waals surface area (Å²) < 4.78 is 5.24. The number of para-hydroxylation sites is 1. The van der Waals surface area contributed by atoms with Crippen molar-refractivity contribution in [2.75, 3.05) is 38.0 Å². The van der Waals surface area contributed by atoms with Crippen LogP contribution in [0.1, 0.15) is 31.2 Å². The van der Waals surface area contributed by atoms with Crippen molar-refractivity contribution in [2.45, 2.75) is 38.1 Å². The van der Waals surface area contributed by atoms with E-state index in [2.05, 4.69) is 53.9 Å². The van der Waals surface area contributed by atoms with Crippen molar-refractivity contribution in [1.82, 2.24) is 10.3 Å². The summed E-state index contributed by atoms with van der Waals surface area (Å²) in [5, 5.41) is 7.95. The first kappa shape index (κ1) is 22.9. The second-order valence-corrected chi connectivity index (χ2v) is 9.13. The quantitative estimate of drug-likeness (QED) is 0.528. The van der Waals surface area contributed by atoms with Gasteiger partial charge in [-0.25, -0.2) is 4.98 Å². The Kier molecular flexibility index (Phi) is 7.33. The summed E-state index contributed by atoms with van der Waals surface area (Å²) in [5.41, 5.74) is 3.16. The zero-order chi connectivity index (χ0) is 23.2. The highest BCUT2D eigenvalue weighted by atomic mass is 16.5. The van der Waals surface area contributed by atoms with E-state index in [1.807, 2.05) is 30.3 Å². The van der Waals surface area contributed by atoms with Crippen LogP contribution in [0.3, 0.4) is 0 Å². The van der Waals surface area contributed by atoms with E-state index in [1.54, 1.807) is 7.11 Å². The number of ether oxygens (including phenoxy) is 1. The van der Waals surface area contributed by atoms with E-state index in [0.29, 0.717) is 18.4 Å². The summed E-state index contributed by atoms with van der Waals surface area (Å²) in [6.45, 7) is 0.745. The number of nitrogens with one attached hydrogen (secondary N) is 2. The van der Waals surface area contributed by atoms with Crippen LogP contribution in [-0.4, -0.2) is 44.7 Å². The molecular weight excluding hydrogens is 412 g/mol. The number of aromatic nitrogens is 1. The lowest BCUT2D eigenvalue weighted by Gasteiger charge is -2.30. The van der Waals surface area contributed by atoms with E-state index in [-0.39, 0.29) is 5.91 Å². The van der Waals surface area contributed by atoms with Gasteiger partial charge in [-0.1, -0.05) is 30.3 Å². The van der Waals surface area contributed by atoms with Crippen LogP contribution in [0.5, 0.6) is 5.75 Å². The lowest BCUT2D eigenvalue weighted by molar-refractivity contribution is -0.120. The SMILES string of the molecule is COc1cccc(CC(=O)NCC2CCC(Nc3cc(N(C)C)c4ccccc4n3)CC2)c1. The van der Waals surface area contributed by atoms with E-state index in [1.165, 1.54) is 11.1 Å². The molecular formula is C27H34N4O2. The summed E-state index contributed by atoms with van der Waals surface area (Å²) in [6.07, 6.45) is 4.76. The molecule has 2 N–H and O–H groups in total. The normalized spacial score (nSPS) is 18.0. The zero-order valence-electron chi connectivity index (χ0n) is 19.8. The molecule has 1 aliphatic carbocycles. The first-order chi connectivity index (χ1) is 16.0. The topological polar surface area (TPSA) is 66.5 Å². The molecule has 0 bridgehead atoms. The maximum atomic E-state index is 12.4. The van der Waals surface area contributed by atoms with Gasteiger partial charge in [0.15, 0.2) is 0 Å². The van der Waals surface area contributed by atoms with Crippen LogP contribution in [0.4, 0.5) is 11.5 Å². The van der Waals surface area contributed by atoms with E-state index in [4.69, 9.17) is 9.72 Å². The minimum Gasteiger partial charge on any atom is -0.497 e. The Hall–Kier alpha value is -3.28. The molecule has 6 heteroatoms. The molecule has 1 amide bonds. The maximum absolute atomic E-state index is 12.4. The van der Waals surface area contributed by atoms with Gasteiger partial charge in [-0.3, -0.25) is 4.79 Å². The van der Waals surface area contributed by atoms with Gasteiger partial charge in [0.2, 0.25) is 5.91 Å². The van der Waals surface area contributed by atoms with Gasteiger partial charge in [0.05, 0.1) is 19.0 Å². The molecule has 0 unspecified atom stereocenters. The molecule has 0 radical (unpaired) electrons. The first-order valence-electron chi connectivity index (χ1n) is 11.7. The van der Waals surface area contributed by atoms with Crippen molar-refractivity contribution in [3.8, 4) is 5.75 Å². The van der Waals surface area contributed by atoms with Crippen molar-refractivity contribution in [1.29, 1.82) is 0 Å². The number of carbonyl (C=O) groups excluding carboxylic acids is 1. The largest absolute Gasteiger partial charge is 0.497 e. The van der Waals surface area contributed by atoms with Crippen molar-refractivity contribution >= 4 is 28.3 Å². The molecule has 2 aromatic carbocycles. The predicted molar refractivity (Wildman–Crippen MR) is 135 cm³/mol. The molecule has 0 aliphatic heterocycles. The number of anilines is 2. The minimum absolute atomic E-state index is 0.0695. The van der Waals surface area contributed by atoms with Gasteiger partial charge in [-0.05, 0) is 55.4 Å². The molecule has 6 nitrogen and oxygen atoms in total. The third-order valence-corrected chi connectivity index (χ3v) is 6.46. The summed E-state index contributed by atoms with van der Waals surface area (Å²) in [5.74, 6) is 2.32. The fraction of sp³-hybridized carbons (Fsp3) is 0.407. The zero-order valence-corrected chi connectivity index (χ0v) is 19.8. The van der Waals surface area contributed by atoms with Crippen LogP contribution in [0.2, 0.25) is 0 Å². The molecule has 4 rings (SSSR count). The number of hydrogen-bond acceptors (Lipinski definition) is 5. The van der Waals surface area contributed by atoms with Crippen LogP contribution in [0.15, 0.2) is 54.6 Å². The van der Waals surface area contributed by atoms with E-state index >= 15 is 0 Å². The monoisotopic (exact) mass is 446 g/mol. The predicted octanol–water partition coefficient (Wildman–Crippen LogP) is 4.64. The second kappa shape index (κ2) is 10.6. The number of nitrogens with zero attached hydrogens (tertiary/aromatic N) is 2. The molecule has 0 spiro atoms. The van der Waals surface area contributed by atoms with Gasteiger partial charge in [-0.15, -0.1) is 0 Å². The number of methoxy groups -OCH3 is 1. The molecule has 1 heterocycles. The van der Waals surface area contributed by atoms with Crippen molar-refractivity contribution in [2.24, 2.45) is 5.92 Å². The number of fused-ring (bicyclic) bond motifs is 1. The van der Waals surface area contributed by atoms with Gasteiger partial charge >= 0.3 is 0 Å². The average molecular weight is 447 g/mol. The highest BCUT2D eigenvalue weighted by Gasteiger charge is 2.22. The van der Waals surface area contributed by atoms with Crippen LogP contribution < -0.4 is 20.3 Å². The molecule has 1 aromatic heterocycles. The van der Waals surface area contributed by atoms with Gasteiger partial charge in [-0.2, -0.15) is 0 Å². The van der Waals surface area contributed by atoms with Crippen LogP contribution in [0, 0.1) is 5.92 Å². The van der Waals surface area contributed by atoms with Crippen molar-refractivity contribution < 1.29 is 9.53 Å². The highest BCUT2D eigenvalue weighted by Crippen LogP contribution is 2.30. The average Bonchev–Trinajstić information content (AvgIpc) is 2.83. The van der Waals surface area contributed by atoms with Crippen LogP contribution in [-0.2, 0) is 11.2 Å². The van der Waals surface area contributed by atoms with E-state index < -0.39 is 0 Å². The Morgan fingerprint density at radius 1 is 1.06 bits per heavy atom. The smallest absolute Gasteiger partial charge is 0.224 e. The van der Waals surface area contributed by atoms with E-state index in [0.717, 1.165) is 54.9 Å². The minimum atomic E-state index is 0.0695. The third kappa shape index (κ3) is 5.95. The molecule has 1 saturated carbocycles. The highest BCUT2D eigenvalue weighted by molar-refractivity contribution is 5.93. The number of pyridine rings is 1. The fourth-order valence-corrected chi connectivity index (χ4v) is 4.61. The summed E-state index contributed by atoms with van der Waals surface area (Å²) in [6, 6.07) is 18.5. The molecule has 0 atom stereocenters.